The molecule has 0 N–H and O–H groups in total. The number of nitrogens with zero attached hydrogens (tertiary/aromatic N) is 2. The molecule has 5 nitrogen and oxygen atoms in total. The first-order chi connectivity index (χ1) is 10.5. The van der Waals surface area contributed by atoms with Gasteiger partial charge in [-0.3, -0.25) is 9.59 Å². The van der Waals surface area contributed by atoms with E-state index in [0.29, 0.717) is 11.2 Å². The number of rotatable bonds is 4. The number of hydrogen-bond donors (Lipinski definition) is 0. The van der Waals surface area contributed by atoms with Crippen LogP contribution >= 0.6 is 27.3 Å². The van der Waals surface area contributed by atoms with E-state index in [1.165, 1.54) is 15.9 Å². The van der Waals surface area contributed by atoms with Crippen LogP contribution in [0, 0.1) is 0 Å². The molecule has 0 spiro atoms. The van der Waals surface area contributed by atoms with Crippen LogP contribution in [0.25, 0.3) is 0 Å². The number of carbonyl (C=O) groups excluding carboxylic acids is 2. The maximum absolute atomic E-state index is 12.1. The molecule has 116 valence electrons. The maximum Gasteiger partial charge on any atom is 0.312 e. The Morgan fingerprint density at radius 3 is 2.50 bits per heavy atom. The number of aromatic nitrogens is 1. The Bertz CT molecular complexity index is 747. The molecule has 22 heavy (non-hydrogen) atoms. The van der Waals surface area contributed by atoms with Gasteiger partial charge >= 0.3 is 5.97 Å². The minimum atomic E-state index is -0.384. The molecule has 0 aliphatic rings. The molecule has 0 aliphatic heterocycles. The molecule has 1 aromatic carbocycles. The van der Waals surface area contributed by atoms with Gasteiger partial charge in [0.05, 0.1) is 11.1 Å². The highest BCUT2D eigenvalue weighted by atomic mass is 79.9. The average Bonchev–Trinajstić information content (AvgIpc) is 2.91. The minimum absolute atomic E-state index is 0.170. The molecular formula is C15H15BrN2O3S. The molecule has 0 saturated carbocycles. The molecule has 0 aliphatic carbocycles. The number of halogens is 1. The van der Waals surface area contributed by atoms with E-state index in [1.807, 2.05) is 24.3 Å². The SMILES string of the molecule is CCC(=O)Oc1csc(=Nc2ccc(Br)cc2)n1C(=O)CC. The first-order valence-electron chi connectivity index (χ1n) is 6.79. The van der Waals surface area contributed by atoms with Crippen molar-refractivity contribution >= 4 is 44.8 Å². The van der Waals surface area contributed by atoms with Gasteiger partial charge < -0.3 is 4.74 Å². The van der Waals surface area contributed by atoms with E-state index in [9.17, 15) is 9.59 Å². The van der Waals surface area contributed by atoms with Gasteiger partial charge in [0, 0.05) is 17.3 Å². The minimum Gasteiger partial charge on any atom is -0.408 e. The lowest BCUT2D eigenvalue weighted by molar-refractivity contribution is -0.134. The lowest BCUT2D eigenvalue weighted by atomic mass is 10.3. The Morgan fingerprint density at radius 2 is 1.91 bits per heavy atom. The highest BCUT2D eigenvalue weighted by molar-refractivity contribution is 9.10. The largest absolute Gasteiger partial charge is 0.408 e. The van der Waals surface area contributed by atoms with Crippen LogP contribution in [0.1, 0.15) is 31.5 Å². The molecule has 0 radical (unpaired) electrons. The molecule has 0 atom stereocenters. The first-order valence-corrected chi connectivity index (χ1v) is 8.47. The first kappa shape index (κ1) is 16.6. The van der Waals surface area contributed by atoms with Crippen LogP contribution in [0.3, 0.4) is 0 Å². The maximum atomic E-state index is 12.1. The van der Waals surface area contributed by atoms with Gasteiger partial charge in [0.1, 0.15) is 0 Å². The molecule has 2 aromatic rings. The van der Waals surface area contributed by atoms with E-state index in [1.54, 1.807) is 19.2 Å². The standard InChI is InChI=1S/C15H15BrN2O3S/c1-3-12(19)18-13(21-14(20)4-2)9-22-15(18)17-11-7-5-10(16)6-8-11/h5-9H,3-4H2,1-2H3. The molecule has 0 amide bonds. The molecule has 7 heteroatoms. The zero-order valence-corrected chi connectivity index (χ0v) is 14.6. The average molecular weight is 383 g/mol. The second-order valence-electron chi connectivity index (χ2n) is 4.36. The van der Waals surface area contributed by atoms with Crippen LogP contribution in [0.4, 0.5) is 5.69 Å². The lowest BCUT2D eigenvalue weighted by Crippen LogP contribution is -2.24. The van der Waals surface area contributed by atoms with Crippen LogP contribution in [0.2, 0.25) is 0 Å². The number of hydrogen-bond acceptors (Lipinski definition) is 5. The molecule has 2 rings (SSSR count). The van der Waals surface area contributed by atoms with Gasteiger partial charge in [0.2, 0.25) is 11.8 Å². The van der Waals surface area contributed by atoms with E-state index in [-0.39, 0.29) is 24.2 Å². The fourth-order valence-electron chi connectivity index (χ4n) is 1.65. The van der Waals surface area contributed by atoms with Crippen molar-refractivity contribution in [3.63, 3.8) is 0 Å². The van der Waals surface area contributed by atoms with Crippen LogP contribution < -0.4 is 9.54 Å². The van der Waals surface area contributed by atoms with E-state index in [2.05, 4.69) is 20.9 Å². The van der Waals surface area contributed by atoms with Gasteiger partial charge in [-0.2, -0.15) is 0 Å². The van der Waals surface area contributed by atoms with Gasteiger partial charge in [-0.25, -0.2) is 9.56 Å². The molecule has 0 fully saturated rings. The molecule has 0 unspecified atom stereocenters. The summed E-state index contributed by atoms with van der Waals surface area (Å²) < 4.78 is 7.50. The van der Waals surface area contributed by atoms with Crippen LogP contribution in [0.15, 0.2) is 39.1 Å². The summed E-state index contributed by atoms with van der Waals surface area (Å²) in [5, 5.41) is 1.62. The predicted octanol–water partition coefficient (Wildman–Crippen LogP) is 3.91. The topological polar surface area (TPSA) is 60.7 Å². The fraction of sp³-hybridized carbons (Fsp3) is 0.267. The summed E-state index contributed by atoms with van der Waals surface area (Å²) in [5.74, 6) is -0.332. The Hall–Kier alpha value is -1.73. The van der Waals surface area contributed by atoms with E-state index in [0.717, 1.165) is 10.2 Å². The Balaban J connectivity index is 2.49. The molecule has 0 bridgehead atoms. The second-order valence-corrected chi connectivity index (χ2v) is 6.11. The molecule has 1 heterocycles. The number of benzene rings is 1. The Labute approximate surface area is 140 Å². The summed E-state index contributed by atoms with van der Waals surface area (Å²) in [6.07, 6.45) is 0.538. The second kappa shape index (κ2) is 7.51. The lowest BCUT2D eigenvalue weighted by Gasteiger charge is -2.05. The van der Waals surface area contributed by atoms with Crippen LogP contribution in [-0.2, 0) is 4.79 Å². The summed E-state index contributed by atoms with van der Waals surface area (Å²) in [6.45, 7) is 3.45. The van der Waals surface area contributed by atoms with Crippen molar-refractivity contribution < 1.29 is 14.3 Å². The van der Waals surface area contributed by atoms with Gasteiger partial charge in [0.25, 0.3) is 0 Å². The highest BCUT2D eigenvalue weighted by Crippen LogP contribution is 2.18. The third-order valence-electron chi connectivity index (χ3n) is 2.79. The highest BCUT2D eigenvalue weighted by Gasteiger charge is 2.15. The number of thiazole rings is 1. The van der Waals surface area contributed by atoms with Gasteiger partial charge in [-0.15, -0.1) is 11.3 Å². The number of ether oxygens (including phenoxy) is 1. The van der Waals surface area contributed by atoms with E-state index in [4.69, 9.17) is 4.74 Å². The summed E-state index contributed by atoms with van der Waals surface area (Å²) in [4.78, 5) is 28.5. The quantitative estimate of drug-likeness (QED) is 0.753. The summed E-state index contributed by atoms with van der Waals surface area (Å²) in [5.41, 5.74) is 0.719. The van der Waals surface area contributed by atoms with Crippen molar-refractivity contribution in [2.45, 2.75) is 26.7 Å². The molecule has 0 saturated heterocycles. The van der Waals surface area contributed by atoms with Crippen LogP contribution in [0.5, 0.6) is 5.88 Å². The summed E-state index contributed by atoms with van der Waals surface area (Å²) >= 11 is 4.62. The third-order valence-corrected chi connectivity index (χ3v) is 4.12. The van der Waals surface area contributed by atoms with Crippen molar-refractivity contribution in [1.29, 1.82) is 0 Å². The predicted molar refractivity (Wildman–Crippen MR) is 88.5 cm³/mol. The normalized spacial score (nSPS) is 11.5. The molecule has 1 aromatic heterocycles. The van der Waals surface area contributed by atoms with E-state index >= 15 is 0 Å². The van der Waals surface area contributed by atoms with Crippen molar-refractivity contribution in [2.75, 3.05) is 0 Å². The van der Waals surface area contributed by atoms with E-state index < -0.39 is 0 Å². The summed E-state index contributed by atoms with van der Waals surface area (Å²) in [7, 11) is 0. The zero-order chi connectivity index (χ0) is 16.1. The number of carbonyl (C=O) groups is 2. The van der Waals surface area contributed by atoms with Crippen LogP contribution in [-0.4, -0.2) is 16.4 Å². The number of esters is 1. The smallest absolute Gasteiger partial charge is 0.312 e. The van der Waals surface area contributed by atoms with Crippen molar-refractivity contribution in [3.05, 3.63) is 38.9 Å². The van der Waals surface area contributed by atoms with Gasteiger partial charge in [-0.05, 0) is 24.3 Å². The zero-order valence-electron chi connectivity index (χ0n) is 12.2. The van der Waals surface area contributed by atoms with Crippen molar-refractivity contribution in [3.8, 4) is 5.88 Å². The Morgan fingerprint density at radius 1 is 1.23 bits per heavy atom. The Kier molecular flexibility index (Phi) is 5.68. The fourth-order valence-corrected chi connectivity index (χ4v) is 2.73. The summed E-state index contributed by atoms with van der Waals surface area (Å²) in [6, 6.07) is 7.41. The van der Waals surface area contributed by atoms with Gasteiger partial charge in [-0.1, -0.05) is 29.8 Å². The third kappa shape index (κ3) is 3.92. The van der Waals surface area contributed by atoms with Gasteiger partial charge in [0.15, 0.2) is 4.80 Å². The molecular weight excluding hydrogens is 368 g/mol. The van der Waals surface area contributed by atoms with Crippen molar-refractivity contribution in [2.24, 2.45) is 4.99 Å². The monoisotopic (exact) mass is 382 g/mol. The van der Waals surface area contributed by atoms with Crippen molar-refractivity contribution in [1.82, 2.24) is 4.57 Å².